The molecule has 1 heterocycles. The predicted molar refractivity (Wildman–Crippen MR) is 42.5 cm³/mol. The highest BCUT2D eigenvalue weighted by atomic mass is 16.4. The number of nitrogens with two attached hydrogens (primary N) is 1. The number of oxazole rings is 1. The van der Waals surface area contributed by atoms with Crippen LogP contribution in [0.3, 0.4) is 0 Å². The smallest absolute Gasteiger partial charge is 0.304 e. The van der Waals surface area contributed by atoms with E-state index in [9.17, 15) is 4.79 Å². The van der Waals surface area contributed by atoms with Gasteiger partial charge in [-0.1, -0.05) is 12.1 Å². The maximum Gasteiger partial charge on any atom is 0.304 e. The first-order chi connectivity index (χ1) is 5.77. The van der Waals surface area contributed by atoms with Crippen LogP contribution in [-0.4, -0.2) is 10.9 Å². The fraction of sp³-hybridized carbons (Fsp3) is 0. The summed E-state index contributed by atoms with van der Waals surface area (Å²) in [6.07, 6.45) is 0. The van der Waals surface area contributed by atoms with Crippen LogP contribution in [0.5, 0.6) is 0 Å². The van der Waals surface area contributed by atoms with Crippen molar-refractivity contribution in [3.63, 3.8) is 0 Å². The quantitative estimate of drug-likeness (QED) is 0.678. The normalized spacial score (nSPS) is 10.3. The molecule has 2 rings (SSSR count). The Labute approximate surface area is 68.0 Å². The SMILES string of the molecule is NC(=O)c1nc2ccccc2o1. The van der Waals surface area contributed by atoms with E-state index in [2.05, 4.69) is 4.98 Å². The van der Waals surface area contributed by atoms with Gasteiger partial charge in [0.2, 0.25) is 0 Å². The van der Waals surface area contributed by atoms with Crippen molar-refractivity contribution >= 4 is 17.0 Å². The number of primary amides is 1. The van der Waals surface area contributed by atoms with Crippen LogP contribution in [0.2, 0.25) is 0 Å². The zero-order valence-electron chi connectivity index (χ0n) is 6.15. The Balaban J connectivity index is 2.70. The number of carbonyl (C=O) groups excluding carboxylic acids is 1. The summed E-state index contributed by atoms with van der Waals surface area (Å²) < 4.78 is 5.04. The van der Waals surface area contributed by atoms with Crippen LogP contribution >= 0.6 is 0 Å². The molecule has 0 spiro atoms. The standard InChI is InChI=1S/C8H6N2O2/c9-7(11)8-10-5-3-1-2-4-6(5)12-8/h1-4H,(H2,9,11). The van der Waals surface area contributed by atoms with Gasteiger partial charge in [-0.05, 0) is 12.1 Å². The number of fused-ring (bicyclic) bond motifs is 1. The predicted octanol–water partition coefficient (Wildman–Crippen LogP) is 0.927. The van der Waals surface area contributed by atoms with E-state index in [1.54, 1.807) is 18.2 Å². The Hall–Kier alpha value is -1.84. The summed E-state index contributed by atoms with van der Waals surface area (Å²) in [5.41, 5.74) is 6.20. The Kier molecular flexibility index (Phi) is 1.33. The van der Waals surface area contributed by atoms with E-state index in [0.717, 1.165) is 0 Å². The maximum atomic E-state index is 10.6. The molecule has 0 fully saturated rings. The first-order valence-electron chi connectivity index (χ1n) is 3.43. The minimum Gasteiger partial charge on any atom is -0.432 e. The third kappa shape index (κ3) is 0.934. The molecule has 1 amide bonds. The van der Waals surface area contributed by atoms with Crippen molar-refractivity contribution in [2.24, 2.45) is 5.73 Å². The number of carbonyl (C=O) groups is 1. The molecule has 2 aromatic rings. The van der Waals surface area contributed by atoms with E-state index >= 15 is 0 Å². The second kappa shape index (κ2) is 2.34. The van der Waals surface area contributed by atoms with Crippen molar-refractivity contribution in [3.8, 4) is 0 Å². The fourth-order valence-corrected chi connectivity index (χ4v) is 0.978. The minimum atomic E-state index is -0.647. The molecule has 0 unspecified atom stereocenters. The van der Waals surface area contributed by atoms with Crippen LogP contribution in [-0.2, 0) is 0 Å². The Bertz CT molecular complexity index is 400. The van der Waals surface area contributed by atoms with Gasteiger partial charge in [0, 0.05) is 0 Å². The van der Waals surface area contributed by atoms with E-state index < -0.39 is 5.91 Å². The average molecular weight is 162 g/mol. The lowest BCUT2D eigenvalue weighted by atomic mass is 10.3. The van der Waals surface area contributed by atoms with Crippen LogP contribution in [0, 0.1) is 0 Å². The average Bonchev–Trinajstić information content (AvgIpc) is 2.46. The van der Waals surface area contributed by atoms with E-state index in [-0.39, 0.29) is 5.89 Å². The van der Waals surface area contributed by atoms with Gasteiger partial charge in [0.05, 0.1) is 0 Å². The van der Waals surface area contributed by atoms with Crippen molar-refractivity contribution in [2.45, 2.75) is 0 Å². The number of hydrogen-bond donors (Lipinski definition) is 1. The molecule has 4 heteroatoms. The highest BCUT2D eigenvalue weighted by Crippen LogP contribution is 2.13. The molecule has 4 nitrogen and oxygen atoms in total. The highest BCUT2D eigenvalue weighted by molar-refractivity contribution is 5.90. The zero-order valence-corrected chi connectivity index (χ0v) is 6.15. The second-order valence-corrected chi connectivity index (χ2v) is 2.35. The molecule has 0 aliphatic rings. The molecule has 12 heavy (non-hydrogen) atoms. The van der Waals surface area contributed by atoms with Gasteiger partial charge in [0.15, 0.2) is 5.58 Å². The molecule has 1 aromatic heterocycles. The van der Waals surface area contributed by atoms with E-state index in [4.69, 9.17) is 10.2 Å². The molecule has 0 bridgehead atoms. The molecular weight excluding hydrogens is 156 g/mol. The summed E-state index contributed by atoms with van der Waals surface area (Å²) in [5, 5.41) is 0. The molecule has 0 radical (unpaired) electrons. The van der Waals surface area contributed by atoms with Crippen molar-refractivity contribution in [1.29, 1.82) is 0 Å². The molecule has 0 aliphatic heterocycles. The number of aromatic nitrogens is 1. The van der Waals surface area contributed by atoms with Gasteiger partial charge in [0.25, 0.3) is 5.89 Å². The molecule has 0 saturated carbocycles. The summed E-state index contributed by atoms with van der Waals surface area (Å²) in [4.78, 5) is 14.5. The second-order valence-electron chi connectivity index (χ2n) is 2.35. The lowest BCUT2D eigenvalue weighted by Crippen LogP contribution is -2.10. The largest absolute Gasteiger partial charge is 0.432 e. The first-order valence-corrected chi connectivity index (χ1v) is 3.43. The Morgan fingerprint density at radius 2 is 2.17 bits per heavy atom. The summed E-state index contributed by atoms with van der Waals surface area (Å²) >= 11 is 0. The Morgan fingerprint density at radius 1 is 1.42 bits per heavy atom. The summed E-state index contributed by atoms with van der Waals surface area (Å²) in [6, 6.07) is 7.11. The van der Waals surface area contributed by atoms with Crippen LogP contribution < -0.4 is 5.73 Å². The molecule has 2 N–H and O–H groups in total. The third-order valence-corrected chi connectivity index (χ3v) is 1.50. The Morgan fingerprint density at radius 3 is 2.83 bits per heavy atom. The van der Waals surface area contributed by atoms with Gasteiger partial charge in [-0.25, -0.2) is 4.98 Å². The number of para-hydroxylation sites is 2. The van der Waals surface area contributed by atoms with E-state index in [0.29, 0.717) is 11.1 Å². The first kappa shape index (κ1) is 6.84. The number of amides is 1. The number of hydrogen-bond acceptors (Lipinski definition) is 3. The number of nitrogens with zero attached hydrogens (tertiary/aromatic N) is 1. The van der Waals surface area contributed by atoms with Crippen molar-refractivity contribution < 1.29 is 9.21 Å². The maximum absolute atomic E-state index is 10.6. The molecule has 60 valence electrons. The molecule has 0 saturated heterocycles. The van der Waals surface area contributed by atoms with E-state index in [1.807, 2.05) is 6.07 Å². The lowest BCUT2D eigenvalue weighted by Gasteiger charge is -1.81. The van der Waals surface area contributed by atoms with Gasteiger partial charge in [-0.15, -0.1) is 0 Å². The summed E-state index contributed by atoms with van der Waals surface area (Å²) in [6.45, 7) is 0. The van der Waals surface area contributed by atoms with Crippen LogP contribution in [0.1, 0.15) is 10.7 Å². The highest BCUT2D eigenvalue weighted by Gasteiger charge is 2.08. The van der Waals surface area contributed by atoms with Gasteiger partial charge in [-0.2, -0.15) is 0 Å². The zero-order chi connectivity index (χ0) is 8.55. The fourth-order valence-electron chi connectivity index (χ4n) is 0.978. The van der Waals surface area contributed by atoms with Gasteiger partial charge in [-0.3, -0.25) is 4.79 Å². The van der Waals surface area contributed by atoms with Gasteiger partial charge in [0.1, 0.15) is 5.52 Å². The van der Waals surface area contributed by atoms with Gasteiger partial charge >= 0.3 is 5.91 Å². The summed E-state index contributed by atoms with van der Waals surface area (Å²) in [5.74, 6) is -0.692. The monoisotopic (exact) mass is 162 g/mol. The van der Waals surface area contributed by atoms with Crippen molar-refractivity contribution in [2.75, 3.05) is 0 Å². The van der Waals surface area contributed by atoms with Crippen LogP contribution in [0.15, 0.2) is 28.7 Å². The topological polar surface area (TPSA) is 69.1 Å². The van der Waals surface area contributed by atoms with E-state index in [1.165, 1.54) is 0 Å². The molecule has 1 aromatic carbocycles. The minimum absolute atomic E-state index is 0.0452. The van der Waals surface area contributed by atoms with Gasteiger partial charge < -0.3 is 10.2 Å². The number of benzene rings is 1. The van der Waals surface area contributed by atoms with Crippen molar-refractivity contribution in [3.05, 3.63) is 30.2 Å². The molecular formula is C8H6N2O2. The third-order valence-electron chi connectivity index (χ3n) is 1.50. The van der Waals surface area contributed by atoms with Crippen LogP contribution in [0.4, 0.5) is 0 Å². The molecule has 0 atom stereocenters. The lowest BCUT2D eigenvalue weighted by molar-refractivity contribution is 0.0969. The molecule has 0 aliphatic carbocycles. The number of rotatable bonds is 1. The van der Waals surface area contributed by atoms with Crippen LogP contribution in [0.25, 0.3) is 11.1 Å². The van der Waals surface area contributed by atoms with Crippen molar-refractivity contribution in [1.82, 2.24) is 4.98 Å². The summed E-state index contributed by atoms with van der Waals surface area (Å²) in [7, 11) is 0.